The normalized spacial score (nSPS) is 13.7. The summed E-state index contributed by atoms with van der Waals surface area (Å²) in [6.45, 7) is 0. The van der Waals surface area contributed by atoms with Crippen molar-refractivity contribution >= 4 is 45.9 Å². The number of aryl methyl sites for hydroxylation is 1. The van der Waals surface area contributed by atoms with E-state index >= 15 is 0 Å². The molecule has 1 heterocycles. The van der Waals surface area contributed by atoms with E-state index in [1.807, 2.05) is 0 Å². The standard InChI is InChI=1S/C18H16ClNO3S/c19-12-8-5-11(6-9-12)7-10-15(21)20-17-16(18(22)23)13-3-1-2-4-14(13)24-17/h5-10H,1-4H2,(H,20,21)(H,22,23)/b10-7+. The Morgan fingerprint density at radius 2 is 1.88 bits per heavy atom. The maximum absolute atomic E-state index is 12.1. The number of anilines is 1. The van der Waals surface area contributed by atoms with Crippen LogP contribution in [0, 0.1) is 0 Å². The van der Waals surface area contributed by atoms with Gasteiger partial charge in [0.05, 0.1) is 5.56 Å². The van der Waals surface area contributed by atoms with Gasteiger partial charge in [-0.2, -0.15) is 0 Å². The van der Waals surface area contributed by atoms with Crippen LogP contribution in [0.2, 0.25) is 5.02 Å². The summed E-state index contributed by atoms with van der Waals surface area (Å²) in [4.78, 5) is 24.8. The minimum atomic E-state index is -0.980. The Morgan fingerprint density at radius 3 is 2.58 bits per heavy atom. The number of hydrogen-bond acceptors (Lipinski definition) is 3. The number of carboxylic acids is 1. The van der Waals surface area contributed by atoms with E-state index in [4.69, 9.17) is 11.6 Å². The molecule has 0 radical (unpaired) electrons. The van der Waals surface area contributed by atoms with Gasteiger partial charge in [-0.25, -0.2) is 4.79 Å². The largest absolute Gasteiger partial charge is 0.478 e. The maximum atomic E-state index is 12.1. The fourth-order valence-electron chi connectivity index (χ4n) is 2.78. The first kappa shape index (κ1) is 16.7. The van der Waals surface area contributed by atoms with Crippen LogP contribution >= 0.6 is 22.9 Å². The molecule has 2 aromatic rings. The molecule has 24 heavy (non-hydrogen) atoms. The molecule has 0 fully saturated rings. The highest BCUT2D eigenvalue weighted by atomic mass is 35.5. The Balaban J connectivity index is 1.78. The summed E-state index contributed by atoms with van der Waals surface area (Å²) in [5.41, 5.74) is 1.98. The van der Waals surface area contributed by atoms with E-state index in [2.05, 4.69) is 5.32 Å². The van der Waals surface area contributed by atoms with Gasteiger partial charge in [-0.1, -0.05) is 23.7 Å². The van der Waals surface area contributed by atoms with E-state index in [1.54, 1.807) is 30.3 Å². The van der Waals surface area contributed by atoms with E-state index in [-0.39, 0.29) is 11.5 Å². The predicted molar refractivity (Wildman–Crippen MR) is 97.0 cm³/mol. The molecule has 0 saturated carbocycles. The zero-order valence-corrected chi connectivity index (χ0v) is 14.4. The lowest BCUT2D eigenvalue weighted by Gasteiger charge is -2.10. The average molecular weight is 362 g/mol. The molecule has 1 amide bonds. The van der Waals surface area contributed by atoms with Crippen molar-refractivity contribution in [1.82, 2.24) is 0 Å². The number of carbonyl (C=O) groups is 2. The maximum Gasteiger partial charge on any atom is 0.339 e. The molecule has 0 bridgehead atoms. The van der Waals surface area contributed by atoms with E-state index in [9.17, 15) is 14.7 Å². The number of hydrogen-bond donors (Lipinski definition) is 2. The zero-order chi connectivity index (χ0) is 17.1. The van der Waals surface area contributed by atoms with Gasteiger partial charge in [0, 0.05) is 16.0 Å². The number of thiophene rings is 1. The Bertz CT molecular complexity index is 808. The number of rotatable bonds is 4. The topological polar surface area (TPSA) is 66.4 Å². The molecule has 0 unspecified atom stereocenters. The number of carboxylic acid groups (broad SMARTS) is 1. The molecule has 1 aromatic carbocycles. The van der Waals surface area contributed by atoms with Crippen molar-refractivity contribution in [3.8, 4) is 0 Å². The van der Waals surface area contributed by atoms with Gasteiger partial charge in [0.2, 0.25) is 5.91 Å². The number of carbonyl (C=O) groups excluding carboxylic acids is 1. The lowest BCUT2D eigenvalue weighted by Crippen LogP contribution is -2.11. The second-order valence-corrected chi connectivity index (χ2v) is 7.14. The van der Waals surface area contributed by atoms with Crippen LogP contribution in [0.5, 0.6) is 0 Å². The SMILES string of the molecule is O=C(/C=C/c1ccc(Cl)cc1)Nc1sc2c(c1C(=O)O)CCCC2. The second-order valence-electron chi connectivity index (χ2n) is 5.59. The zero-order valence-electron chi connectivity index (χ0n) is 12.8. The Hall–Kier alpha value is -2.11. The third-order valence-electron chi connectivity index (χ3n) is 3.92. The van der Waals surface area contributed by atoms with Crippen molar-refractivity contribution in [2.24, 2.45) is 0 Å². The number of nitrogens with one attached hydrogen (secondary N) is 1. The fraction of sp³-hybridized carbons (Fsp3) is 0.222. The van der Waals surface area contributed by atoms with Gasteiger partial charge in [-0.3, -0.25) is 4.79 Å². The number of amides is 1. The molecule has 0 spiro atoms. The molecule has 6 heteroatoms. The van der Waals surface area contributed by atoms with Gasteiger partial charge in [0.25, 0.3) is 0 Å². The summed E-state index contributed by atoms with van der Waals surface area (Å²) in [7, 11) is 0. The summed E-state index contributed by atoms with van der Waals surface area (Å²) < 4.78 is 0. The molecule has 0 atom stereocenters. The monoisotopic (exact) mass is 361 g/mol. The predicted octanol–water partition coefficient (Wildman–Crippen LogP) is 4.63. The minimum absolute atomic E-state index is 0.253. The first-order valence-electron chi connectivity index (χ1n) is 7.67. The number of aromatic carboxylic acids is 1. The molecule has 0 aliphatic heterocycles. The molecule has 4 nitrogen and oxygen atoms in total. The van der Waals surface area contributed by atoms with E-state index in [0.29, 0.717) is 10.0 Å². The Morgan fingerprint density at radius 1 is 1.17 bits per heavy atom. The molecular weight excluding hydrogens is 346 g/mol. The lowest BCUT2D eigenvalue weighted by molar-refractivity contribution is -0.111. The average Bonchev–Trinajstić information content (AvgIpc) is 2.92. The molecule has 1 aliphatic rings. The molecule has 1 aromatic heterocycles. The fourth-order valence-corrected chi connectivity index (χ4v) is 4.19. The van der Waals surface area contributed by atoms with Crippen LogP contribution < -0.4 is 5.32 Å². The van der Waals surface area contributed by atoms with Crippen LogP contribution in [0.3, 0.4) is 0 Å². The summed E-state index contributed by atoms with van der Waals surface area (Å²) in [6.07, 6.45) is 6.78. The van der Waals surface area contributed by atoms with Crippen LogP contribution in [0.4, 0.5) is 5.00 Å². The van der Waals surface area contributed by atoms with Gasteiger partial charge < -0.3 is 10.4 Å². The van der Waals surface area contributed by atoms with Crippen LogP contribution in [0.15, 0.2) is 30.3 Å². The van der Waals surface area contributed by atoms with Crippen molar-refractivity contribution < 1.29 is 14.7 Å². The van der Waals surface area contributed by atoms with Crippen molar-refractivity contribution in [3.05, 3.63) is 56.9 Å². The van der Waals surface area contributed by atoms with Crippen LogP contribution in [-0.2, 0) is 17.6 Å². The highest BCUT2D eigenvalue weighted by Crippen LogP contribution is 2.38. The summed E-state index contributed by atoms with van der Waals surface area (Å²) in [5.74, 6) is -1.32. The van der Waals surface area contributed by atoms with Gasteiger partial charge in [0.15, 0.2) is 0 Å². The molecule has 0 saturated heterocycles. The van der Waals surface area contributed by atoms with Crippen molar-refractivity contribution in [1.29, 1.82) is 0 Å². The summed E-state index contributed by atoms with van der Waals surface area (Å²) in [6, 6.07) is 7.10. The molecule has 124 valence electrons. The summed E-state index contributed by atoms with van der Waals surface area (Å²) >= 11 is 7.20. The van der Waals surface area contributed by atoms with Gasteiger partial charge in [-0.05, 0) is 55.0 Å². The number of benzene rings is 1. The molecule has 3 rings (SSSR count). The molecule has 2 N–H and O–H groups in total. The molecular formula is C18H16ClNO3S. The third-order valence-corrected chi connectivity index (χ3v) is 5.38. The first-order valence-corrected chi connectivity index (χ1v) is 8.86. The summed E-state index contributed by atoms with van der Waals surface area (Å²) in [5, 5.41) is 13.3. The van der Waals surface area contributed by atoms with Gasteiger partial charge in [0.1, 0.15) is 5.00 Å². The van der Waals surface area contributed by atoms with E-state index in [0.717, 1.165) is 41.7 Å². The van der Waals surface area contributed by atoms with Gasteiger partial charge >= 0.3 is 5.97 Å². The van der Waals surface area contributed by atoms with Crippen molar-refractivity contribution in [2.75, 3.05) is 5.32 Å². The smallest absolute Gasteiger partial charge is 0.339 e. The quantitative estimate of drug-likeness (QED) is 0.780. The van der Waals surface area contributed by atoms with E-state index in [1.165, 1.54) is 17.4 Å². The highest BCUT2D eigenvalue weighted by Gasteiger charge is 2.25. The first-order chi connectivity index (χ1) is 11.5. The Labute approximate surface area is 148 Å². The second kappa shape index (κ2) is 7.20. The van der Waals surface area contributed by atoms with Crippen LogP contribution in [-0.4, -0.2) is 17.0 Å². The van der Waals surface area contributed by atoms with Crippen LogP contribution in [0.1, 0.15) is 39.2 Å². The Kier molecular flexibility index (Phi) is 5.02. The minimum Gasteiger partial charge on any atom is -0.478 e. The highest BCUT2D eigenvalue weighted by molar-refractivity contribution is 7.17. The van der Waals surface area contributed by atoms with Crippen molar-refractivity contribution in [3.63, 3.8) is 0 Å². The number of fused-ring (bicyclic) bond motifs is 1. The van der Waals surface area contributed by atoms with Crippen LogP contribution in [0.25, 0.3) is 6.08 Å². The molecule has 1 aliphatic carbocycles. The number of halogens is 1. The van der Waals surface area contributed by atoms with Gasteiger partial charge in [-0.15, -0.1) is 11.3 Å². The van der Waals surface area contributed by atoms with Crippen molar-refractivity contribution in [2.45, 2.75) is 25.7 Å². The van der Waals surface area contributed by atoms with E-state index < -0.39 is 5.97 Å². The lowest BCUT2D eigenvalue weighted by atomic mass is 9.95. The third kappa shape index (κ3) is 3.68.